The largest absolute Gasteiger partial charge is 0.330 e. The Morgan fingerprint density at radius 2 is 1.93 bits per heavy atom. The van der Waals surface area contributed by atoms with E-state index in [-0.39, 0.29) is 17.8 Å². The molecule has 1 aliphatic rings. The van der Waals surface area contributed by atoms with Gasteiger partial charge in [0.2, 0.25) is 0 Å². The predicted molar refractivity (Wildman–Crippen MR) is 108 cm³/mol. The van der Waals surface area contributed by atoms with Crippen LogP contribution in [0.3, 0.4) is 0 Å². The minimum absolute atomic E-state index is 0.0537. The SMILES string of the molecule is CCC1c2ccc(C)cc2CCN1C(=O)c1cc(-c2ccc(F)cc2)n(C)n1. The summed E-state index contributed by atoms with van der Waals surface area (Å²) in [4.78, 5) is 15.2. The van der Waals surface area contributed by atoms with Crippen LogP contribution in [0.2, 0.25) is 0 Å². The summed E-state index contributed by atoms with van der Waals surface area (Å²) in [5, 5.41) is 4.46. The van der Waals surface area contributed by atoms with Gasteiger partial charge in [-0.15, -0.1) is 0 Å². The fourth-order valence-electron chi connectivity index (χ4n) is 4.13. The average molecular weight is 377 g/mol. The Kier molecular flexibility index (Phi) is 4.75. The molecule has 28 heavy (non-hydrogen) atoms. The van der Waals surface area contributed by atoms with Gasteiger partial charge < -0.3 is 4.90 Å². The minimum Gasteiger partial charge on any atom is -0.330 e. The highest BCUT2D eigenvalue weighted by Crippen LogP contribution is 2.34. The zero-order chi connectivity index (χ0) is 19.8. The lowest BCUT2D eigenvalue weighted by molar-refractivity contribution is 0.0648. The number of hydrogen-bond donors (Lipinski definition) is 0. The molecule has 0 N–H and O–H groups in total. The number of rotatable bonds is 3. The van der Waals surface area contributed by atoms with Crippen molar-refractivity contribution in [2.45, 2.75) is 32.7 Å². The topological polar surface area (TPSA) is 38.1 Å². The Morgan fingerprint density at radius 1 is 1.18 bits per heavy atom. The van der Waals surface area contributed by atoms with Gasteiger partial charge in [0.25, 0.3) is 5.91 Å². The molecular formula is C23H24FN3O. The van der Waals surface area contributed by atoms with E-state index in [1.165, 1.54) is 28.8 Å². The summed E-state index contributed by atoms with van der Waals surface area (Å²) < 4.78 is 14.9. The van der Waals surface area contributed by atoms with Crippen molar-refractivity contribution in [3.8, 4) is 11.3 Å². The van der Waals surface area contributed by atoms with Gasteiger partial charge in [-0.3, -0.25) is 9.48 Å². The molecule has 0 radical (unpaired) electrons. The Balaban J connectivity index is 1.65. The van der Waals surface area contributed by atoms with Gasteiger partial charge in [-0.1, -0.05) is 30.7 Å². The van der Waals surface area contributed by atoms with E-state index in [9.17, 15) is 9.18 Å². The molecule has 0 aliphatic carbocycles. The van der Waals surface area contributed by atoms with E-state index in [4.69, 9.17) is 0 Å². The number of halogens is 1. The molecule has 0 fully saturated rings. The standard InChI is InChI=1S/C23H24FN3O/c1-4-21-19-10-5-15(2)13-17(19)11-12-27(21)23(28)20-14-22(26(3)25-20)16-6-8-18(24)9-7-16/h5-10,13-14,21H,4,11-12H2,1-3H3. The number of carbonyl (C=O) groups excluding carboxylic acids is 1. The van der Waals surface area contributed by atoms with Crippen LogP contribution in [0.25, 0.3) is 11.3 Å². The third-order valence-electron chi connectivity index (χ3n) is 5.54. The van der Waals surface area contributed by atoms with Crippen LogP contribution < -0.4 is 0 Å². The van der Waals surface area contributed by atoms with Crippen molar-refractivity contribution < 1.29 is 9.18 Å². The third-order valence-corrected chi connectivity index (χ3v) is 5.54. The average Bonchev–Trinajstić information content (AvgIpc) is 3.08. The second-order valence-electron chi connectivity index (χ2n) is 7.42. The first kappa shape index (κ1) is 18.4. The van der Waals surface area contributed by atoms with E-state index in [0.29, 0.717) is 12.2 Å². The van der Waals surface area contributed by atoms with Crippen molar-refractivity contribution in [3.05, 3.63) is 76.7 Å². The molecule has 1 aromatic heterocycles. The Labute approximate surface area is 164 Å². The lowest BCUT2D eigenvalue weighted by Gasteiger charge is -2.36. The molecule has 3 aromatic rings. The quantitative estimate of drug-likeness (QED) is 0.664. The van der Waals surface area contributed by atoms with E-state index >= 15 is 0 Å². The first-order valence-electron chi connectivity index (χ1n) is 9.68. The van der Waals surface area contributed by atoms with Crippen molar-refractivity contribution in [3.63, 3.8) is 0 Å². The molecule has 1 aliphatic heterocycles. The van der Waals surface area contributed by atoms with Crippen LogP contribution in [0.1, 0.15) is 46.6 Å². The third kappa shape index (κ3) is 3.21. The summed E-state index contributed by atoms with van der Waals surface area (Å²) in [6, 6.07) is 14.6. The number of carbonyl (C=O) groups is 1. The van der Waals surface area contributed by atoms with Crippen molar-refractivity contribution in [1.82, 2.24) is 14.7 Å². The van der Waals surface area contributed by atoms with E-state index in [1.54, 1.807) is 29.9 Å². The second-order valence-corrected chi connectivity index (χ2v) is 7.42. The fourth-order valence-corrected chi connectivity index (χ4v) is 4.13. The first-order chi connectivity index (χ1) is 13.5. The molecule has 0 spiro atoms. The Morgan fingerprint density at radius 3 is 2.64 bits per heavy atom. The summed E-state index contributed by atoms with van der Waals surface area (Å²) in [7, 11) is 1.81. The molecule has 1 atom stereocenters. The predicted octanol–water partition coefficient (Wildman–Crippen LogP) is 4.68. The number of benzene rings is 2. The van der Waals surface area contributed by atoms with Gasteiger partial charge in [0.15, 0.2) is 5.69 Å². The Hall–Kier alpha value is -2.95. The van der Waals surface area contributed by atoms with Crippen LogP contribution in [0.15, 0.2) is 48.5 Å². The van der Waals surface area contributed by atoms with Gasteiger partial charge in [0.05, 0.1) is 11.7 Å². The molecule has 4 nitrogen and oxygen atoms in total. The number of aromatic nitrogens is 2. The number of amides is 1. The zero-order valence-corrected chi connectivity index (χ0v) is 16.4. The molecule has 2 heterocycles. The molecule has 1 unspecified atom stereocenters. The smallest absolute Gasteiger partial charge is 0.274 e. The van der Waals surface area contributed by atoms with Crippen LogP contribution in [0.4, 0.5) is 4.39 Å². The highest BCUT2D eigenvalue weighted by molar-refractivity contribution is 5.94. The van der Waals surface area contributed by atoms with Gasteiger partial charge in [0, 0.05) is 13.6 Å². The zero-order valence-electron chi connectivity index (χ0n) is 16.4. The highest BCUT2D eigenvalue weighted by atomic mass is 19.1. The maximum Gasteiger partial charge on any atom is 0.274 e. The molecule has 0 saturated carbocycles. The van der Waals surface area contributed by atoms with E-state index < -0.39 is 0 Å². The monoisotopic (exact) mass is 377 g/mol. The van der Waals surface area contributed by atoms with Crippen molar-refractivity contribution >= 4 is 5.91 Å². The molecular weight excluding hydrogens is 353 g/mol. The Bertz CT molecular complexity index is 1020. The number of fused-ring (bicyclic) bond motifs is 1. The highest BCUT2D eigenvalue weighted by Gasteiger charge is 2.31. The summed E-state index contributed by atoms with van der Waals surface area (Å²) in [5.74, 6) is -0.336. The van der Waals surface area contributed by atoms with Gasteiger partial charge in [-0.2, -0.15) is 5.10 Å². The van der Waals surface area contributed by atoms with Crippen LogP contribution >= 0.6 is 0 Å². The van der Waals surface area contributed by atoms with Crippen molar-refractivity contribution in [2.75, 3.05) is 6.54 Å². The minimum atomic E-state index is -0.282. The van der Waals surface area contributed by atoms with Gasteiger partial charge in [-0.05, 0) is 66.8 Å². The van der Waals surface area contributed by atoms with Crippen LogP contribution in [0, 0.1) is 12.7 Å². The lowest BCUT2D eigenvalue weighted by atomic mass is 9.89. The van der Waals surface area contributed by atoms with Gasteiger partial charge >= 0.3 is 0 Å². The maximum absolute atomic E-state index is 13.3. The van der Waals surface area contributed by atoms with Crippen LogP contribution in [0.5, 0.6) is 0 Å². The van der Waals surface area contributed by atoms with Crippen molar-refractivity contribution in [2.24, 2.45) is 7.05 Å². The number of aryl methyl sites for hydroxylation is 2. The molecule has 5 heteroatoms. The first-order valence-corrected chi connectivity index (χ1v) is 9.68. The summed E-state index contributed by atoms with van der Waals surface area (Å²) >= 11 is 0. The molecule has 2 aromatic carbocycles. The number of nitrogens with zero attached hydrogens (tertiary/aromatic N) is 3. The van der Waals surface area contributed by atoms with Crippen molar-refractivity contribution in [1.29, 1.82) is 0 Å². The summed E-state index contributed by atoms with van der Waals surface area (Å²) in [6.45, 7) is 4.90. The van der Waals surface area contributed by atoms with Crippen LogP contribution in [-0.2, 0) is 13.5 Å². The number of hydrogen-bond acceptors (Lipinski definition) is 2. The van der Waals surface area contributed by atoms with Gasteiger partial charge in [-0.25, -0.2) is 4.39 Å². The molecule has 144 valence electrons. The summed E-state index contributed by atoms with van der Waals surface area (Å²) in [6.07, 6.45) is 1.72. The molecule has 4 rings (SSSR count). The lowest BCUT2D eigenvalue weighted by Crippen LogP contribution is -2.40. The maximum atomic E-state index is 13.3. The normalized spacial score (nSPS) is 16.1. The molecule has 0 saturated heterocycles. The van der Waals surface area contributed by atoms with E-state index in [0.717, 1.165) is 24.1 Å². The van der Waals surface area contributed by atoms with E-state index in [2.05, 4.69) is 37.1 Å². The molecule has 0 bridgehead atoms. The fraction of sp³-hybridized carbons (Fsp3) is 0.304. The van der Waals surface area contributed by atoms with Gasteiger partial charge in [0.1, 0.15) is 5.82 Å². The molecule has 1 amide bonds. The summed E-state index contributed by atoms with van der Waals surface area (Å²) in [5.41, 5.74) is 5.88. The van der Waals surface area contributed by atoms with E-state index in [1.807, 2.05) is 4.90 Å². The van der Waals surface area contributed by atoms with Crippen LogP contribution in [-0.4, -0.2) is 27.1 Å². The second kappa shape index (κ2) is 7.23.